The Labute approximate surface area is 131 Å². The van der Waals surface area contributed by atoms with Gasteiger partial charge in [0.25, 0.3) is 0 Å². The summed E-state index contributed by atoms with van der Waals surface area (Å²) in [7, 11) is 0. The maximum absolute atomic E-state index is 9.23. The molecule has 0 spiro atoms. The summed E-state index contributed by atoms with van der Waals surface area (Å²) in [5.74, 6) is 0. The highest BCUT2D eigenvalue weighted by molar-refractivity contribution is 5.92. The van der Waals surface area contributed by atoms with Crippen LogP contribution in [0.4, 0.5) is 0 Å². The van der Waals surface area contributed by atoms with Gasteiger partial charge in [0.05, 0.1) is 22.3 Å². The third-order valence-electron chi connectivity index (χ3n) is 3.82. The molecule has 3 aromatic carbocycles. The molecule has 0 aliphatic rings. The van der Waals surface area contributed by atoms with E-state index in [2.05, 4.69) is 16.4 Å². The minimum absolute atomic E-state index is 0.310. The molecule has 0 fully saturated rings. The molecule has 0 unspecified atom stereocenters. The van der Waals surface area contributed by atoms with Crippen molar-refractivity contribution in [1.29, 1.82) is 10.5 Å². The average molecular weight is 295 g/mol. The SMILES string of the molecule is N#Cc1cc2nnn(-c3cccc4ccccc34)c2cc1C#N. The van der Waals surface area contributed by atoms with Crippen molar-refractivity contribution in [1.82, 2.24) is 15.0 Å². The highest BCUT2D eigenvalue weighted by atomic mass is 15.4. The second-order valence-corrected chi connectivity index (χ2v) is 5.11. The van der Waals surface area contributed by atoms with Crippen LogP contribution in [0.25, 0.3) is 27.5 Å². The van der Waals surface area contributed by atoms with E-state index in [0.29, 0.717) is 22.2 Å². The lowest BCUT2D eigenvalue weighted by Crippen LogP contribution is -1.98. The van der Waals surface area contributed by atoms with E-state index in [9.17, 15) is 5.26 Å². The molecule has 0 N–H and O–H groups in total. The lowest BCUT2D eigenvalue weighted by Gasteiger charge is -2.07. The van der Waals surface area contributed by atoms with Gasteiger partial charge in [-0.2, -0.15) is 10.5 Å². The third-order valence-corrected chi connectivity index (χ3v) is 3.82. The molecule has 1 aromatic heterocycles. The van der Waals surface area contributed by atoms with Crippen LogP contribution in [0.5, 0.6) is 0 Å². The zero-order valence-electron chi connectivity index (χ0n) is 11.9. The van der Waals surface area contributed by atoms with Crippen LogP contribution in [0.2, 0.25) is 0 Å². The van der Waals surface area contributed by atoms with Crippen molar-refractivity contribution in [2.75, 3.05) is 0 Å². The van der Waals surface area contributed by atoms with Gasteiger partial charge in [-0.15, -0.1) is 5.10 Å². The predicted octanol–water partition coefficient (Wildman–Crippen LogP) is 3.32. The fourth-order valence-electron chi connectivity index (χ4n) is 2.72. The Balaban J connectivity index is 2.07. The van der Waals surface area contributed by atoms with Gasteiger partial charge in [-0.25, -0.2) is 4.68 Å². The summed E-state index contributed by atoms with van der Waals surface area (Å²) < 4.78 is 1.71. The average Bonchev–Trinajstić information content (AvgIpc) is 3.02. The second-order valence-electron chi connectivity index (χ2n) is 5.11. The first kappa shape index (κ1) is 13.0. The van der Waals surface area contributed by atoms with Crippen LogP contribution < -0.4 is 0 Å². The van der Waals surface area contributed by atoms with Gasteiger partial charge in [0, 0.05) is 5.39 Å². The summed E-state index contributed by atoms with van der Waals surface area (Å²) in [4.78, 5) is 0. The summed E-state index contributed by atoms with van der Waals surface area (Å²) >= 11 is 0. The van der Waals surface area contributed by atoms with E-state index >= 15 is 0 Å². The van der Waals surface area contributed by atoms with Gasteiger partial charge >= 0.3 is 0 Å². The number of fused-ring (bicyclic) bond motifs is 2. The Bertz CT molecular complexity index is 1140. The Morgan fingerprint density at radius 3 is 2.43 bits per heavy atom. The molecular weight excluding hydrogens is 286 g/mol. The van der Waals surface area contributed by atoms with Crippen LogP contribution in [-0.4, -0.2) is 15.0 Å². The molecule has 23 heavy (non-hydrogen) atoms. The summed E-state index contributed by atoms with van der Waals surface area (Å²) in [5.41, 5.74) is 2.82. The summed E-state index contributed by atoms with van der Waals surface area (Å²) in [5, 5.41) is 28.8. The second kappa shape index (κ2) is 4.94. The molecule has 0 bridgehead atoms. The molecule has 0 saturated carbocycles. The van der Waals surface area contributed by atoms with Crippen molar-refractivity contribution in [2.24, 2.45) is 0 Å². The molecule has 4 rings (SSSR count). The van der Waals surface area contributed by atoms with Gasteiger partial charge in [0.15, 0.2) is 0 Å². The van der Waals surface area contributed by atoms with Crippen molar-refractivity contribution in [3.8, 4) is 17.8 Å². The van der Waals surface area contributed by atoms with E-state index in [1.54, 1.807) is 16.8 Å². The number of benzene rings is 3. The van der Waals surface area contributed by atoms with Crippen LogP contribution in [0.15, 0.2) is 54.6 Å². The number of nitrogens with zero attached hydrogens (tertiary/aromatic N) is 5. The van der Waals surface area contributed by atoms with E-state index in [1.165, 1.54) is 0 Å². The molecule has 5 heteroatoms. The van der Waals surface area contributed by atoms with Crippen LogP contribution >= 0.6 is 0 Å². The number of hydrogen-bond donors (Lipinski definition) is 0. The molecule has 1 heterocycles. The monoisotopic (exact) mass is 295 g/mol. The Hall–Kier alpha value is -3.70. The molecule has 0 aliphatic heterocycles. The van der Waals surface area contributed by atoms with E-state index in [4.69, 9.17) is 5.26 Å². The third kappa shape index (κ3) is 1.92. The zero-order chi connectivity index (χ0) is 15.8. The van der Waals surface area contributed by atoms with Crippen molar-refractivity contribution < 1.29 is 0 Å². The smallest absolute Gasteiger partial charge is 0.115 e. The molecule has 106 valence electrons. The first-order chi connectivity index (χ1) is 11.3. The van der Waals surface area contributed by atoms with Gasteiger partial charge in [-0.1, -0.05) is 41.6 Å². The van der Waals surface area contributed by atoms with Gasteiger partial charge in [0.1, 0.15) is 17.7 Å². The van der Waals surface area contributed by atoms with Crippen molar-refractivity contribution in [2.45, 2.75) is 0 Å². The van der Waals surface area contributed by atoms with E-state index in [1.807, 2.05) is 48.5 Å². The highest BCUT2D eigenvalue weighted by Gasteiger charge is 2.13. The topological polar surface area (TPSA) is 78.3 Å². The van der Waals surface area contributed by atoms with Crippen molar-refractivity contribution >= 4 is 21.8 Å². The summed E-state index contributed by atoms with van der Waals surface area (Å²) in [6, 6.07) is 21.3. The van der Waals surface area contributed by atoms with E-state index < -0.39 is 0 Å². The Morgan fingerprint density at radius 2 is 1.61 bits per heavy atom. The van der Waals surface area contributed by atoms with Crippen LogP contribution in [0.3, 0.4) is 0 Å². The standard InChI is InChI=1S/C18H9N5/c19-10-13-8-16-18(9-14(13)11-20)23(22-21-16)17-7-3-5-12-4-1-2-6-15(12)17/h1-9H. The number of aromatic nitrogens is 3. The molecule has 0 atom stereocenters. The first-order valence-corrected chi connectivity index (χ1v) is 6.99. The van der Waals surface area contributed by atoms with Gasteiger partial charge in [-0.05, 0) is 23.6 Å². The largest absolute Gasteiger partial charge is 0.212 e. The first-order valence-electron chi connectivity index (χ1n) is 6.99. The van der Waals surface area contributed by atoms with Gasteiger partial charge < -0.3 is 0 Å². The summed E-state index contributed by atoms with van der Waals surface area (Å²) in [6.07, 6.45) is 0. The normalized spacial score (nSPS) is 10.5. The van der Waals surface area contributed by atoms with Crippen LogP contribution in [0, 0.1) is 22.7 Å². The fraction of sp³-hybridized carbons (Fsp3) is 0. The Kier molecular flexibility index (Phi) is 2.79. The summed E-state index contributed by atoms with van der Waals surface area (Å²) in [6.45, 7) is 0. The maximum atomic E-state index is 9.23. The molecule has 4 aromatic rings. The van der Waals surface area contributed by atoms with Crippen LogP contribution in [0.1, 0.15) is 11.1 Å². The number of nitriles is 2. The molecule has 0 saturated heterocycles. The minimum Gasteiger partial charge on any atom is -0.212 e. The van der Waals surface area contributed by atoms with Gasteiger partial charge in [0.2, 0.25) is 0 Å². The number of hydrogen-bond acceptors (Lipinski definition) is 4. The van der Waals surface area contributed by atoms with E-state index in [0.717, 1.165) is 16.5 Å². The molecule has 0 aliphatic carbocycles. The molecular formula is C18H9N5. The quantitative estimate of drug-likeness (QED) is 0.539. The minimum atomic E-state index is 0.310. The molecule has 0 amide bonds. The lowest BCUT2D eigenvalue weighted by molar-refractivity contribution is 0.829. The van der Waals surface area contributed by atoms with Crippen LogP contribution in [-0.2, 0) is 0 Å². The highest BCUT2D eigenvalue weighted by Crippen LogP contribution is 2.25. The Morgan fingerprint density at radius 1 is 0.870 bits per heavy atom. The van der Waals surface area contributed by atoms with Crippen molar-refractivity contribution in [3.63, 3.8) is 0 Å². The zero-order valence-corrected chi connectivity index (χ0v) is 11.9. The maximum Gasteiger partial charge on any atom is 0.115 e. The number of rotatable bonds is 1. The van der Waals surface area contributed by atoms with Gasteiger partial charge in [-0.3, -0.25) is 0 Å². The molecule has 5 nitrogen and oxygen atoms in total. The lowest BCUT2D eigenvalue weighted by atomic mass is 10.1. The van der Waals surface area contributed by atoms with E-state index in [-0.39, 0.29) is 0 Å². The van der Waals surface area contributed by atoms with Crippen molar-refractivity contribution in [3.05, 3.63) is 65.7 Å². The predicted molar refractivity (Wildman–Crippen MR) is 85.8 cm³/mol. The molecule has 0 radical (unpaired) electrons. The fourth-order valence-corrected chi connectivity index (χ4v) is 2.72.